The normalized spacial score (nSPS) is 17.0. The fourth-order valence-electron chi connectivity index (χ4n) is 2.47. The highest BCUT2D eigenvalue weighted by Gasteiger charge is 2.35. The molecule has 0 aliphatic carbocycles. The number of methoxy groups -OCH3 is 2. The quantitative estimate of drug-likeness (QED) is 0.858. The van der Waals surface area contributed by atoms with Crippen LogP contribution in [0.4, 0.5) is 10.5 Å². The van der Waals surface area contributed by atoms with Crippen LogP contribution >= 0.6 is 0 Å². The van der Waals surface area contributed by atoms with E-state index in [1.54, 1.807) is 24.3 Å². The van der Waals surface area contributed by atoms with E-state index in [0.717, 1.165) is 6.42 Å². The molecule has 1 N–H and O–H groups in total. The van der Waals surface area contributed by atoms with Crippen LogP contribution in [0.5, 0.6) is 0 Å². The summed E-state index contributed by atoms with van der Waals surface area (Å²) in [6, 6.07) is 5.96. The average molecular weight is 306 g/mol. The summed E-state index contributed by atoms with van der Waals surface area (Å²) < 4.78 is 9.36. The topological polar surface area (TPSA) is 84.9 Å². The number of carbonyl (C=O) groups is 3. The number of para-hydroxylation sites is 1. The molecule has 1 atom stereocenters. The molecule has 0 aromatic heterocycles. The van der Waals surface area contributed by atoms with Crippen molar-refractivity contribution in [2.24, 2.45) is 0 Å². The molecule has 1 saturated heterocycles. The van der Waals surface area contributed by atoms with Crippen molar-refractivity contribution in [1.29, 1.82) is 0 Å². The van der Waals surface area contributed by atoms with Crippen LogP contribution in [0.15, 0.2) is 24.3 Å². The highest BCUT2D eigenvalue weighted by molar-refractivity contribution is 6.03. The zero-order valence-corrected chi connectivity index (χ0v) is 12.5. The second-order valence-corrected chi connectivity index (χ2v) is 4.85. The van der Waals surface area contributed by atoms with E-state index in [0.29, 0.717) is 18.7 Å². The van der Waals surface area contributed by atoms with Crippen molar-refractivity contribution in [3.8, 4) is 0 Å². The number of nitrogens with zero attached hydrogens (tertiary/aromatic N) is 1. The van der Waals surface area contributed by atoms with Gasteiger partial charge in [0.1, 0.15) is 6.04 Å². The number of nitrogens with one attached hydrogen (secondary N) is 1. The maximum Gasteiger partial charge on any atom is 0.410 e. The summed E-state index contributed by atoms with van der Waals surface area (Å²) in [6.45, 7) is 0.476. The first-order chi connectivity index (χ1) is 10.6. The molecule has 22 heavy (non-hydrogen) atoms. The van der Waals surface area contributed by atoms with Gasteiger partial charge in [0.15, 0.2) is 0 Å². The van der Waals surface area contributed by atoms with Gasteiger partial charge in [-0.05, 0) is 25.0 Å². The van der Waals surface area contributed by atoms with E-state index in [9.17, 15) is 14.4 Å². The Morgan fingerprint density at radius 2 is 1.91 bits per heavy atom. The van der Waals surface area contributed by atoms with E-state index in [2.05, 4.69) is 14.8 Å². The predicted octanol–water partition coefficient (Wildman–Crippen LogP) is 1.64. The third-order valence-electron chi connectivity index (χ3n) is 3.55. The number of hydrogen-bond donors (Lipinski definition) is 1. The van der Waals surface area contributed by atoms with Gasteiger partial charge in [0.2, 0.25) is 5.91 Å². The smallest absolute Gasteiger partial charge is 0.410 e. The van der Waals surface area contributed by atoms with Crippen molar-refractivity contribution in [2.45, 2.75) is 18.9 Å². The summed E-state index contributed by atoms with van der Waals surface area (Å²) in [4.78, 5) is 37.1. The lowest BCUT2D eigenvalue weighted by Crippen LogP contribution is -2.43. The van der Waals surface area contributed by atoms with Crippen LogP contribution in [0.25, 0.3) is 0 Å². The minimum atomic E-state index is -0.599. The summed E-state index contributed by atoms with van der Waals surface area (Å²) in [5.74, 6) is -0.883. The van der Waals surface area contributed by atoms with Crippen molar-refractivity contribution in [3.63, 3.8) is 0 Å². The molecule has 0 radical (unpaired) electrons. The van der Waals surface area contributed by atoms with E-state index >= 15 is 0 Å². The van der Waals surface area contributed by atoms with Crippen LogP contribution in [0, 0.1) is 0 Å². The number of anilines is 1. The standard InChI is InChI=1S/C15H18N2O5/c1-21-14(19)10-6-3-4-7-11(10)16-13(18)12-8-5-9-17(12)15(20)22-2/h3-4,6-7,12H,5,8-9H2,1-2H3,(H,16,18). The number of ether oxygens (including phenoxy) is 2. The molecule has 1 aliphatic rings. The van der Waals surface area contributed by atoms with Gasteiger partial charge in [0, 0.05) is 6.54 Å². The molecule has 1 unspecified atom stereocenters. The van der Waals surface area contributed by atoms with Crippen LogP contribution in [0.1, 0.15) is 23.2 Å². The van der Waals surface area contributed by atoms with Gasteiger partial charge in [-0.1, -0.05) is 12.1 Å². The molecular formula is C15H18N2O5. The van der Waals surface area contributed by atoms with Crippen molar-refractivity contribution in [2.75, 3.05) is 26.1 Å². The van der Waals surface area contributed by atoms with Gasteiger partial charge in [-0.3, -0.25) is 9.69 Å². The average Bonchev–Trinajstić information content (AvgIpc) is 3.03. The Morgan fingerprint density at radius 3 is 2.59 bits per heavy atom. The van der Waals surface area contributed by atoms with Crippen LogP contribution < -0.4 is 5.32 Å². The summed E-state index contributed by atoms with van der Waals surface area (Å²) in [6.07, 6.45) is 0.756. The summed E-state index contributed by atoms with van der Waals surface area (Å²) in [5, 5.41) is 2.69. The summed E-state index contributed by atoms with van der Waals surface area (Å²) >= 11 is 0. The van der Waals surface area contributed by atoms with E-state index in [1.807, 2.05) is 0 Å². The van der Waals surface area contributed by atoms with Crippen LogP contribution in [-0.4, -0.2) is 49.7 Å². The molecule has 1 fully saturated rings. The van der Waals surface area contributed by atoms with Crippen molar-refractivity contribution in [3.05, 3.63) is 29.8 Å². The number of amides is 2. The van der Waals surface area contributed by atoms with E-state index in [1.165, 1.54) is 19.1 Å². The SMILES string of the molecule is COC(=O)c1ccccc1NC(=O)C1CCCN1C(=O)OC. The fourth-order valence-corrected chi connectivity index (χ4v) is 2.47. The summed E-state index contributed by atoms with van der Waals surface area (Å²) in [5.41, 5.74) is 0.622. The Morgan fingerprint density at radius 1 is 1.18 bits per heavy atom. The molecule has 7 nitrogen and oxygen atoms in total. The molecule has 2 amide bonds. The number of rotatable bonds is 3. The van der Waals surface area contributed by atoms with Crippen LogP contribution in [0.3, 0.4) is 0 Å². The van der Waals surface area contributed by atoms with E-state index < -0.39 is 18.1 Å². The number of esters is 1. The number of benzene rings is 1. The zero-order chi connectivity index (χ0) is 16.1. The van der Waals surface area contributed by atoms with Gasteiger partial charge < -0.3 is 14.8 Å². The van der Waals surface area contributed by atoms with Crippen LogP contribution in [-0.2, 0) is 14.3 Å². The highest BCUT2D eigenvalue weighted by Crippen LogP contribution is 2.22. The zero-order valence-electron chi connectivity index (χ0n) is 12.5. The first kappa shape index (κ1) is 15.8. The first-order valence-electron chi connectivity index (χ1n) is 6.91. The number of likely N-dealkylation sites (tertiary alicyclic amines) is 1. The van der Waals surface area contributed by atoms with E-state index in [4.69, 9.17) is 0 Å². The molecule has 2 rings (SSSR count). The predicted molar refractivity (Wildman–Crippen MR) is 78.5 cm³/mol. The van der Waals surface area contributed by atoms with Gasteiger partial charge in [0.25, 0.3) is 0 Å². The lowest BCUT2D eigenvalue weighted by molar-refractivity contribution is -0.119. The fraction of sp³-hybridized carbons (Fsp3) is 0.400. The first-order valence-corrected chi connectivity index (χ1v) is 6.91. The van der Waals surface area contributed by atoms with Crippen LogP contribution in [0.2, 0.25) is 0 Å². The Bertz CT molecular complexity index is 587. The number of hydrogen-bond acceptors (Lipinski definition) is 5. The molecule has 0 bridgehead atoms. The third kappa shape index (κ3) is 3.19. The highest BCUT2D eigenvalue weighted by atomic mass is 16.5. The molecule has 1 aromatic rings. The minimum absolute atomic E-state index is 0.265. The molecule has 0 saturated carbocycles. The Balaban J connectivity index is 2.15. The van der Waals surface area contributed by atoms with Crippen molar-refractivity contribution in [1.82, 2.24) is 4.90 Å². The monoisotopic (exact) mass is 306 g/mol. The largest absolute Gasteiger partial charge is 0.465 e. The Kier molecular flexibility index (Phi) is 4.98. The molecule has 1 aromatic carbocycles. The lowest BCUT2D eigenvalue weighted by atomic mass is 10.1. The second-order valence-electron chi connectivity index (χ2n) is 4.85. The summed E-state index contributed by atoms with van der Waals surface area (Å²) in [7, 11) is 2.55. The lowest BCUT2D eigenvalue weighted by Gasteiger charge is -2.22. The van der Waals surface area contributed by atoms with Crippen molar-refractivity contribution < 1.29 is 23.9 Å². The maximum atomic E-state index is 12.4. The third-order valence-corrected chi connectivity index (χ3v) is 3.55. The van der Waals surface area contributed by atoms with Gasteiger partial charge >= 0.3 is 12.1 Å². The Hall–Kier alpha value is -2.57. The maximum absolute atomic E-state index is 12.4. The molecule has 7 heteroatoms. The van der Waals surface area contributed by atoms with Gasteiger partial charge in [-0.25, -0.2) is 9.59 Å². The molecule has 1 heterocycles. The van der Waals surface area contributed by atoms with Gasteiger partial charge in [-0.15, -0.1) is 0 Å². The van der Waals surface area contributed by atoms with Crippen molar-refractivity contribution >= 4 is 23.7 Å². The van der Waals surface area contributed by atoms with Gasteiger partial charge in [-0.2, -0.15) is 0 Å². The second kappa shape index (κ2) is 6.93. The van der Waals surface area contributed by atoms with Gasteiger partial charge in [0.05, 0.1) is 25.5 Å². The molecule has 1 aliphatic heterocycles. The molecule has 118 valence electrons. The molecular weight excluding hydrogens is 288 g/mol. The van der Waals surface area contributed by atoms with E-state index in [-0.39, 0.29) is 11.5 Å². The Labute approximate surface area is 128 Å². The molecule has 0 spiro atoms. The number of carbonyl (C=O) groups excluding carboxylic acids is 3. The minimum Gasteiger partial charge on any atom is -0.465 e.